The minimum atomic E-state index is 0.0630. The lowest BCUT2D eigenvalue weighted by Crippen LogP contribution is -2.44. The summed E-state index contributed by atoms with van der Waals surface area (Å²) >= 11 is 1.59. The van der Waals surface area contributed by atoms with Gasteiger partial charge in [0.05, 0.1) is 17.9 Å². The number of nitrogens with one attached hydrogen (secondary N) is 1. The third-order valence-corrected chi connectivity index (χ3v) is 5.94. The molecule has 1 aromatic heterocycles. The van der Waals surface area contributed by atoms with Crippen molar-refractivity contribution in [2.24, 2.45) is 7.05 Å². The van der Waals surface area contributed by atoms with Crippen LogP contribution < -0.4 is 5.32 Å². The Balaban J connectivity index is 1.59. The number of fused-ring (bicyclic) bond motifs is 1. The summed E-state index contributed by atoms with van der Waals surface area (Å²) in [6.07, 6.45) is 2.16. The van der Waals surface area contributed by atoms with E-state index >= 15 is 0 Å². The van der Waals surface area contributed by atoms with Gasteiger partial charge in [-0.1, -0.05) is 18.2 Å². The van der Waals surface area contributed by atoms with E-state index in [2.05, 4.69) is 47.0 Å². The Kier molecular flexibility index (Phi) is 5.71. The first-order valence-corrected chi connectivity index (χ1v) is 9.71. The highest BCUT2D eigenvalue weighted by molar-refractivity contribution is 8.00. The van der Waals surface area contributed by atoms with Gasteiger partial charge in [0.1, 0.15) is 0 Å². The summed E-state index contributed by atoms with van der Waals surface area (Å²) in [4.78, 5) is 15.9. The van der Waals surface area contributed by atoms with E-state index in [4.69, 9.17) is 4.74 Å². The van der Waals surface area contributed by atoms with Gasteiger partial charge in [-0.25, -0.2) is 0 Å². The maximum absolute atomic E-state index is 12.4. The Morgan fingerprint density at radius 3 is 2.84 bits per heavy atom. The highest BCUT2D eigenvalue weighted by Gasteiger charge is 2.34. The summed E-state index contributed by atoms with van der Waals surface area (Å²) in [5.74, 6) is 0.485. The minimum absolute atomic E-state index is 0.0630. The highest BCUT2D eigenvalue weighted by atomic mass is 32.2. The molecule has 136 valence electrons. The number of benzene rings is 1. The lowest BCUT2D eigenvalue weighted by atomic mass is 10.2. The van der Waals surface area contributed by atoms with Crippen LogP contribution in [0.5, 0.6) is 0 Å². The normalized spacial score (nSPS) is 21.3. The number of carbonyl (C=O) groups is 1. The Hall–Kier alpha value is -1.50. The third-order valence-electron chi connectivity index (χ3n) is 4.89. The average Bonchev–Trinajstić information content (AvgIpc) is 3.15. The molecule has 0 unspecified atom stereocenters. The molecule has 25 heavy (non-hydrogen) atoms. The van der Waals surface area contributed by atoms with Gasteiger partial charge in [-0.15, -0.1) is 11.8 Å². The highest BCUT2D eigenvalue weighted by Crippen LogP contribution is 2.29. The molecule has 1 saturated heterocycles. The number of carbonyl (C=O) groups excluding carboxylic acids is 1. The minimum Gasteiger partial charge on any atom is -0.378 e. The lowest BCUT2D eigenvalue weighted by molar-refractivity contribution is -0.119. The van der Waals surface area contributed by atoms with E-state index in [9.17, 15) is 4.79 Å². The summed E-state index contributed by atoms with van der Waals surface area (Å²) in [7, 11) is 3.76. The zero-order valence-electron chi connectivity index (χ0n) is 15.4. The number of aromatic nitrogens is 1. The smallest absolute Gasteiger partial charge is 0.230 e. The van der Waals surface area contributed by atoms with Crippen molar-refractivity contribution < 1.29 is 9.53 Å². The number of methoxy groups -OCH3 is 1. The number of nitrogens with zero attached hydrogens (tertiary/aromatic N) is 2. The number of amides is 1. The summed E-state index contributed by atoms with van der Waals surface area (Å²) in [5, 5.41) is 4.36. The predicted molar refractivity (Wildman–Crippen MR) is 103 cm³/mol. The molecule has 2 atom stereocenters. The van der Waals surface area contributed by atoms with Gasteiger partial charge < -0.3 is 14.6 Å². The second-order valence-corrected chi connectivity index (χ2v) is 7.92. The van der Waals surface area contributed by atoms with Crippen LogP contribution in [0.2, 0.25) is 0 Å². The van der Waals surface area contributed by atoms with Gasteiger partial charge in [-0.2, -0.15) is 0 Å². The van der Waals surface area contributed by atoms with E-state index in [1.54, 1.807) is 18.9 Å². The van der Waals surface area contributed by atoms with Gasteiger partial charge in [0, 0.05) is 55.3 Å². The van der Waals surface area contributed by atoms with E-state index in [0.717, 1.165) is 18.0 Å². The largest absolute Gasteiger partial charge is 0.378 e. The number of thioether (sulfide) groups is 1. The Labute approximate surface area is 153 Å². The topological polar surface area (TPSA) is 46.5 Å². The van der Waals surface area contributed by atoms with Crippen molar-refractivity contribution in [1.29, 1.82) is 0 Å². The van der Waals surface area contributed by atoms with Crippen LogP contribution >= 0.6 is 11.8 Å². The molecular weight excluding hydrogens is 334 g/mol. The SMILES string of the molecule is CO[C@@H]1CN(C(C)C)C[C@H]1NC(=O)CSc1cn(C)c2ccccc12. The maximum Gasteiger partial charge on any atom is 0.230 e. The molecule has 1 aliphatic heterocycles. The quantitative estimate of drug-likeness (QED) is 0.803. The second-order valence-electron chi connectivity index (χ2n) is 6.91. The second kappa shape index (κ2) is 7.81. The molecule has 1 fully saturated rings. The van der Waals surface area contributed by atoms with Crippen LogP contribution in [0.3, 0.4) is 0 Å². The number of aryl methyl sites for hydroxylation is 1. The molecule has 0 aliphatic carbocycles. The van der Waals surface area contributed by atoms with Gasteiger partial charge in [0.25, 0.3) is 0 Å². The predicted octanol–water partition coefficient (Wildman–Crippen LogP) is 2.49. The Morgan fingerprint density at radius 1 is 1.36 bits per heavy atom. The first kappa shape index (κ1) is 18.3. The Morgan fingerprint density at radius 2 is 2.12 bits per heavy atom. The van der Waals surface area contributed by atoms with E-state index in [0.29, 0.717) is 11.8 Å². The summed E-state index contributed by atoms with van der Waals surface area (Å²) in [6, 6.07) is 8.80. The third kappa shape index (κ3) is 4.02. The molecular formula is C19H27N3O2S. The molecule has 0 saturated carbocycles. The van der Waals surface area contributed by atoms with Gasteiger partial charge in [-0.3, -0.25) is 9.69 Å². The molecule has 2 heterocycles. The van der Waals surface area contributed by atoms with E-state index in [1.165, 1.54) is 10.9 Å². The van der Waals surface area contributed by atoms with Crippen LogP contribution in [0.25, 0.3) is 10.9 Å². The van der Waals surface area contributed by atoms with Crippen molar-refractivity contribution in [3.8, 4) is 0 Å². The van der Waals surface area contributed by atoms with Crippen LogP contribution in [-0.2, 0) is 16.6 Å². The van der Waals surface area contributed by atoms with Crippen molar-refractivity contribution >= 4 is 28.6 Å². The molecule has 6 heteroatoms. The molecule has 1 amide bonds. The average molecular weight is 362 g/mol. The van der Waals surface area contributed by atoms with Crippen molar-refractivity contribution in [2.45, 2.75) is 36.9 Å². The summed E-state index contributed by atoms with van der Waals surface area (Å²) in [5.41, 5.74) is 1.19. The molecule has 1 aromatic carbocycles. The monoisotopic (exact) mass is 361 g/mol. The number of rotatable bonds is 6. The first-order valence-electron chi connectivity index (χ1n) is 8.72. The molecule has 1 N–H and O–H groups in total. The number of para-hydroxylation sites is 1. The zero-order chi connectivity index (χ0) is 18.0. The first-order chi connectivity index (χ1) is 12.0. The molecule has 0 bridgehead atoms. The maximum atomic E-state index is 12.4. The van der Waals surface area contributed by atoms with Gasteiger partial charge in [0.2, 0.25) is 5.91 Å². The van der Waals surface area contributed by atoms with Crippen LogP contribution in [0.4, 0.5) is 0 Å². The van der Waals surface area contributed by atoms with Gasteiger partial charge >= 0.3 is 0 Å². The molecule has 3 rings (SSSR count). The molecule has 5 nitrogen and oxygen atoms in total. The molecule has 1 aliphatic rings. The van der Waals surface area contributed by atoms with Crippen molar-refractivity contribution in [3.63, 3.8) is 0 Å². The summed E-state index contributed by atoms with van der Waals surface area (Å²) in [6.45, 7) is 6.07. The van der Waals surface area contributed by atoms with Crippen molar-refractivity contribution in [1.82, 2.24) is 14.8 Å². The van der Waals surface area contributed by atoms with Gasteiger partial charge in [0.15, 0.2) is 0 Å². The number of hydrogen-bond donors (Lipinski definition) is 1. The molecule has 0 spiro atoms. The van der Waals surface area contributed by atoms with E-state index in [-0.39, 0.29) is 18.1 Å². The number of likely N-dealkylation sites (tertiary alicyclic amines) is 1. The van der Waals surface area contributed by atoms with Gasteiger partial charge in [-0.05, 0) is 19.9 Å². The van der Waals surface area contributed by atoms with Crippen molar-refractivity contribution in [3.05, 3.63) is 30.5 Å². The Bertz CT molecular complexity index is 743. The van der Waals surface area contributed by atoms with Crippen LogP contribution in [0, 0.1) is 0 Å². The van der Waals surface area contributed by atoms with Crippen LogP contribution in [-0.4, -0.2) is 59.5 Å². The standard InChI is InChI=1S/C19H27N3O2S/c1-13(2)22-9-15(17(10-22)24-4)20-19(23)12-25-18-11-21(3)16-8-6-5-7-14(16)18/h5-8,11,13,15,17H,9-10,12H2,1-4H3,(H,20,23)/t15-,17-/m1/s1. The van der Waals surface area contributed by atoms with E-state index in [1.807, 2.05) is 19.2 Å². The number of hydrogen-bond acceptors (Lipinski definition) is 4. The molecule has 2 aromatic rings. The fourth-order valence-corrected chi connectivity index (χ4v) is 4.34. The van der Waals surface area contributed by atoms with Crippen LogP contribution in [0.15, 0.2) is 35.4 Å². The van der Waals surface area contributed by atoms with Crippen molar-refractivity contribution in [2.75, 3.05) is 26.0 Å². The fourth-order valence-electron chi connectivity index (χ4n) is 3.41. The number of ether oxygens (including phenoxy) is 1. The lowest BCUT2D eigenvalue weighted by Gasteiger charge is -2.19. The molecule has 0 radical (unpaired) electrons. The van der Waals surface area contributed by atoms with Crippen LogP contribution in [0.1, 0.15) is 13.8 Å². The summed E-state index contributed by atoms with van der Waals surface area (Å²) < 4.78 is 7.67. The van der Waals surface area contributed by atoms with E-state index < -0.39 is 0 Å². The zero-order valence-corrected chi connectivity index (χ0v) is 16.2. The fraction of sp³-hybridized carbons (Fsp3) is 0.526.